The predicted molar refractivity (Wildman–Crippen MR) is 139 cm³/mol. The standard InChI is InChI=1S/C29H39N2O2/c1-8-28(3,4)27(32)33-21-20-31(9-2)23-17-14-22(15-18-23)16-19-26-29(5,6)24-12-10-11-13-25(24)30(26)7/h10-19H,8-9,20-21H2,1-7H3/q+1. The van der Waals surface area contributed by atoms with E-state index in [1.165, 1.54) is 22.5 Å². The van der Waals surface area contributed by atoms with Crippen LogP contribution in [-0.2, 0) is 14.9 Å². The van der Waals surface area contributed by atoms with E-state index in [4.69, 9.17) is 4.74 Å². The summed E-state index contributed by atoms with van der Waals surface area (Å²) in [6.45, 7) is 14.5. The highest BCUT2D eigenvalue weighted by molar-refractivity contribution is 6.05. The van der Waals surface area contributed by atoms with Gasteiger partial charge in [0.2, 0.25) is 5.69 Å². The lowest BCUT2D eigenvalue weighted by molar-refractivity contribution is -0.401. The number of benzene rings is 2. The molecule has 0 aromatic heterocycles. The van der Waals surface area contributed by atoms with E-state index in [1.54, 1.807) is 0 Å². The first kappa shape index (κ1) is 24.8. The molecule has 1 aliphatic rings. The van der Waals surface area contributed by atoms with Crippen molar-refractivity contribution >= 4 is 29.1 Å². The number of hydrogen-bond acceptors (Lipinski definition) is 3. The first-order valence-corrected chi connectivity index (χ1v) is 12.0. The van der Waals surface area contributed by atoms with Crippen LogP contribution in [0.25, 0.3) is 6.08 Å². The van der Waals surface area contributed by atoms with Crippen molar-refractivity contribution in [2.75, 3.05) is 31.6 Å². The Balaban J connectivity index is 1.66. The second-order valence-electron chi connectivity index (χ2n) is 9.96. The molecule has 0 fully saturated rings. The van der Waals surface area contributed by atoms with Crippen molar-refractivity contribution in [3.05, 3.63) is 65.7 Å². The number of carbonyl (C=O) groups is 1. The minimum Gasteiger partial charge on any atom is -0.463 e. The summed E-state index contributed by atoms with van der Waals surface area (Å²) in [7, 11) is 2.14. The monoisotopic (exact) mass is 447 g/mol. The molecule has 0 unspecified atom stereocenters. The maximum Gasteiger partial charge on any atom is 0.311 e. The third-order valence-corrected chi connectivity index (χ3v) is 7.04. The molecule has 33 heavy (non-hydrogen) atoms. The second kappa shape index (κ2) is 9.94. The lowest BCUT2D eigenvalue weighted by Crippen LogP contribution is -2.31. The smallest absolute Gasteiger partial charge is 0.311 e. The number of ether oxygens (including phenoxy) is 1. The number of rotatable bonds is 9. The van der Waals surface area contributed by atoms with E-state index in [0.717, 1.165) is 18.7 Å². The Morgan fingerprint density at radius 1 is 1.06 bits per heavy atom. The average molecular weight is 448 g/mol. The Morgan fingerprint density at radius 3 is 2.33 bits per heavy atom. The summed E-state index contributed by atoms with van der Waals surface area (Å²) in [5.41, 5.74) is 5.79. The molecule has 176 valence electrons. The van der Waals surface area contributed by atoms with Crippen molar-refractivity contribution in [2.24, 2.45) is 5.41 Å². The number of para-hydroxylation sites is 1. The quantitative estimate of drug-likeness (QED) is 0.338. The molecular weight excluding hydrogens is 408 g/mol. The van der Waals surface area contributed by atoms with Crippen LogP contribution in [0.2, 0.25) is 0 Å². The number of likely N-dealkylation sites (N-methyl/N-ethyl adjacent to an activating group) is 1. The van der Waals surface area contributed by atoms with E-state index in [1.807, 2.05) is 20.8 Å². The van der Waals surface area contributed by atoms with Crippen molar-refractivity contribution in [3.63, 3.8) is 0 Å². The van der Waals surface area contributed by atoms with Gasteiger partial charge in [0.15, 0.2) is 5.71 Å². The molecule has 0 saturated heterocycles. The van der Waals surface area contributed by atoms with Crippen LogP contribution in [-0.4, -0.2) is 43.0 Å². The zero-order valence-electron chi connectivity index (χ0n) is 21.3. The van der Waals surface area contributed by atoms with Gasteiger partial charge in [-0.1, -0.05) is 37.3 Å². The third kappa shape index (κ3) is 5.21. The van der Waals surface area contributed by atoms with Gasteiger partial charge < -0.3 is 9.64 Å². The molecule has 0 aliphatic carbocycles. The Hall–Kier alpha value is -2.88. The molecule has 4 nitrogen and oxygen atoms in total. The van der Waals surface area contributed by atoms with Gasteiger partial charge in [-0.05, 0) is 64.8 Å². The van der Waals surface area contributed by atoms with Crippen LogP contribution < -0.4 is 4.90 Å². The minimum atomic E-state index is -0.424. The van der Waals surface area contributed by atoms with E-state index in [0.29, 0.717) is 13.2 Å². The Labute approximate surface area is 199 Å². The molecule has 1 aliphatic heterocycles. The highest BCUT2D eigenvalue weighted by atomic mass is 16.5. The van der Waals surface area contributed by atoms with Gasteiger partial charge in [-0.15, -0.1) is 0 Å². The first-order chi connectivity index (χ1) is 15.6. The molecule has 0 bridgehead atoms. The zero-order valence-corrected chi connectivity index (χ0v) is 21.3. The fourth-order valence-corrected chi connectivity index (χ4v) is 4.33. The number of carbonyl (C=O) groups excluding carboxylic acids is 1. The van der Waals surface area contributed by atoms with E-state index in [2.05, 4.69) is 98.0 Å². The van der Waals surface area contributed by atoms with Crippen LogP contribution in [0.3, 0.4) is 0 Å². The summed E-state index contributed by atoms with van der Waals surface area (Å²) in [6, 6.07) is 17.2. The van der Waals surface area contributed by atoms with Crippen molar-refractivity contribution < 1.29 is 14.1 Å². The molecule has 3 rings (SSSR count). The summed E-state index contributed by atoms with van der Waals surface area (Å²) >= 11 is 0. The molecular formula is C29H39N2O2+. The molecule has 0 spiro atoms. The van der Waals surface area contributed by atoms with Crippen LogP contribution in [0, 0.1) is 5.41 Å². The second-order valence-corrected chi connectivity index (χ2v) is 9.96. The molecule has 0 radical (unpaired) electrons. The normalized spacial score (nSPS) is 15.1. The number of allylic oxidation sites excluding steroid dienone is 1. The van der Waals surface area contributed by atoms with E-state index in [-0.39, 0.29) is 11.4 Å². The molecule has 0 N–H and O–H groups in total. The summed E-state index contributed by atoms with van der Waals surface area (Å²) in [4.78, 5) is 14.5. The van der Waals surface area contributed by atoms with Crippen molar-refractivity contribution in [1.82, 2.24) is 0 Å². The van der Waals surface area contributed by atoms with Gasteiger partial charge in [0, 0.05) is 29.9 Å². The Bertz CT molecular complexity index is 1050. The molecule has 4 heteroatoms. The summed E-state index contributed by atoms with van der Waals surface area (Å²) in [5.74, 6) is -0.124. The maximum absolute atomic E-state index is 12.2. The third-order valence-electron chi connectivity index (χ3n) is 7.04. The maximum atomic E-state index is 12.2. The largest absolute Gasteiger partial charge is 0.463 e. The molecule has 0 atom stereocenters. The summed E-state index contributed by atoms with van der Waals surface area (Å²) in [6.07, 6.45) is 5.20. The molecule has 2 aromatic carbocycles. The number of esters is 1. The highest BCUT2D eigenvalue weighted by Crippen LogP contribution is 2.39. The fourth-order valence-electron chi connectivity index (χ4n) is 4.33. The Morgan fingerprint density at radius 2 is 1.73 bits per heavy atom. The van der Waals surface area contributed by atoms with Crippen LogP contribution in [0.4, 0.5) is 11.4 Å². The van der Waals surface area contributed by atoms with Gasteiger partial charge in [-0.2, -0.15) is 4.58 Å². The molecule has 1 heterocycles. The van der Waals surface area contributed by atoms with Gasteiger partial charge in [0.25, 0.3) is 0 Å². The van der Waals surface area contributed by atoms with Gasteiger partial charge in [-0.25, -0.2) is 0 Å². The Kier molecular flexibility index (Phi) is 7.46. The fraction of sp³-hybridized carbons (Fsp3) is 0.448. The van der Waals surface area contributed by atoms with E-state index in [9.17, 15) is 4.79 Å². The molecule has 0 saturated carbocycles. The number of fused-ring (bicyclic) bond motifs is 1. The average Bonchev–Trinajstić information content (AvgIpc) is 3.01. The van der Waals surface area contributed by atoms with Gasteiger partial charge in [0.1, 0.15) is 13.7 Å². The van der Waals surface area contributed by atoms with Gasteiger partial charge in [0.05, 0.1) is 17.4 Å². The SMILES string of the molecule is CCN(CCOC(=O)C(C)(C)CC)c1ccc(/C=C/C2=[N+](C)c3ccccc3C2(C)C)cc1. The van der Waals surface area contributed by atoms with Crippen molar-refractivity contribution in [1.29, 1.82) is 0 Å². The minimum absolute atomic E-state index is 0.0232. The number of anilines is 1. The van der Waals surface area contributed by atoms with E-state index < -0.39 is 5.41 Å². The van der Waals surface area contributed by atoms with Crippen LogP contribution >= 0.6 is 0 Å². The topological polar surface area (TPSA) is 32.5 Å². The zero-order chi connectivity index (χ0) is 24.2. The van der Waals surface area contributed by atoms with E-state index >= 15 is 0 Å². The van der Waals surface area contributed by atoms with Crippen molar-refractivity contribution in [3.8, 4) is 0 Å². The molecule has 0 amide bonds. The lowest BCUT2D eigenvalue weighted by Gasteiger charge is -2.25. The van der Waals surface area contributed by atoms with Gasteiger partial charge in [-0.3, -0.25) is 4.79 Å². The lowest BCUT2D eigenvalue weighted by atomic mass is 9.81. The van der Waals surface area contributed by atoms with Crippen molar-refractivity contribution in [2.45, 2.75) is 53.4 Å². The molecule has 2 aromatic rings. The van der Waals surface area contributed by atoms with Gasteiger partial charge >= 0.3 is 5.97 Å². The van der Waals surface area contributed by atoms with Crippen LogP contribution in [0.1, 0.15) is 59.1 Å². The summed E-state index contributed by atoms with van der Waals surface area (Å²) < 4.78 is 7.82. The van der Waals surface area contributed by atoms with Crippen LogP contribution in [0.15, 0.2) is 54.6 Å². The summed E-state index contributed by atoms with van der Waals surface area (Å²) in [5, 5.41) is 0. The predicted octanol–water partition coefficient (Wildman–Crippen LogP) is 6.21. The highest BCUT2D eigenvalue weighted by Gasteiger charge is 2.42. The first-order valence-electron chi connectivity index (χ1n) is 12.0. The van der Waals surface area contributed by atoms with Crippen LogP contribution in [0.5, 0.6) is 0 Å². The number of nitrogens with zero attached hydrogens (tertiary/aromatic N) is 2. The number of hydrogen-bond donors (Lipinski definition) is 0.